The van der Waals surface area contributed by atoms with Gasteiger partial charge in [-0.2, -0.15) is 0 Å². The van der Waals surface area contributed by atoms with Gasteiger partial charge in [0.05, 0.1) is 6.54 Å². The lowest BCUT2D eigenvalue weighted by atomic mass is 10.2. The highest BCUT2D eigenvalue weighted by molar-refractivity contribution is 6.65. The Labute approximate surface area is 93.7 Å². The minimum Gasteiger partial charge on any atom is -0.444 e. The minimum atomic E-state index is -0.491. The molecule has 1 rings (SSSR count). The van der Waals surface area contributed by atoms with Gasteiger partial charge in [-0.05, 0) is 20.8 Å². The van der Waals surface area contributed by atoms with Crippen LogP contribution in [0.25, 0.3) is 0 Å². The quantitative estimate of drug-likeness (QED) is 0.793. The molecule has 6 heteroatoms. The highest BCUT2D eigenvalue weighted by atomic mass is 35.5. The molecule has 5 nitrogen and oxygen atoms in total. The maximum absolute atomic E-state index is 11.2. The highest BCUT2D eigenvalue weighted by Gasteiger charge is 2.22. The lowest BCUT2D eigenvalue weighted by Crippen LogP contribution is -2.36. The molecule has 1 N–H and O–H groups in total. The molecule has 0 fully saturated rings. The second-order valence-electron chi connectivity index (χ2n) is 4.28. The molecule has 1 aliphatic heterocycles. The van der Waals surface area contributed by atoms with E-state index in [-0.39, 0.29) is 6.10 Å². The first-order valence-electron chi connectivity index (χ1n) is 4.72. The fourth-order valence-electron chi connectivity index (χ4n) is 1.01. The molecule has 0 saturated carbocycles. The van der Waals surface area contributed by atoms with Gasteiger partial charge in [0.15, 0.2) is 6.10 Å². The van der Waals surface area contributed by atoms with Crippen LogP contribution in [-0.4, -0.2) is 29.5 Å². The van der Waals surface area contributed by atoms with Crippen LogP contribution in [0.5, 0.6) is 0 Å². The summed E-state index contributed by atoms with van der Waals surface area (Å²) in [6, 6.07) is 0. The Morgan fingerprint density at radius 1 is 1.73 bits per heavy atom. The summed E-state index contributed by atoms with van der Waals surface area (Å²) in [6.45, 7) is 5.75. The van der Waals surface area contributed by atoms with Crippen LogP contribution >= 0.6 is 11.6 Å². The first kappa shape index (κ1) is 12.1. The van der Waals surface area contributed by atoms with Crippen LogP contribution in [0.15, 0.2) is 5.16 Å². The molecule has 0 aromatic rings. The Hall–Kier alpha value is -0.970. The van der Waals surface area contributed by atoms with Gasteiger partial charge in [0, 0.05) is 6.42 Å². The number of carbonyl (C=O) groups is 1. The number of carbonyl (C=O) groups excluding carboxylic acids is 1. The zero-order chi connectivity index (χ0) is 11.5. The van der Waals surface area contributed by atoms with E-state index < -0.39 is 11.7 Å². The largest absolute Gasteiger partial charge is 0.444 e. The molecule has 1 unspecified atom stereocenters. The molecule has 0 saturated heterocycles. The lowest BCUT2D eigenvalue weighted by Gasteiger charge is -2.20. The van der Waals surface area contributed by atoms with E-state index in [1.54, 1.807) is 20.8 Å². The molecule has 0 aliphatic carbocycles. The van der Waals surface area contributed by atoms with Crippen molar-refractivity contribution >= 4 is 22.9 Å². The molecule has 0 aromatic carbocycles. The Morgan fingerprint density at radius 2 is 2.40 bits per heavy atom. The van der Waals surface area contributed by atoms with E-state index in [4.69, 9.17) is 21.2 Å². The summed E-state index contributed by atoms with van der Waals surface area (Å²) < 4.78 is 5.05. The number of ether oxygens (including phenoxy) is 1. The van der Waals surface area contributed by atoms with Crippen molar-refractivity contribution in [3.05, 3.63) is 0 Å². The zero-order valence-electron chi connectivity index (χ0n) is 9.04. The van der Waals surface area contributed by atoms with Gasteiger partial charge in [0.25, 0.3) is 0 Å². The molecule has 0 spiro atoms. The third-order valence-corrected chi connectivity index (χ3v) is 1.79. The molecule has 0 radical (unpaired) electrons. The Morgan fingerprint density at radius 3 is 2.87 bits per heavy atom. The van der Waals surface area contributed by atoms with Crippen LogP contribution < -0.4 is 5.32 Å². The maximum atomic E-state index is 11.2. The SMILES string of the molecule is CC(C)(C)OC(=O)NCC1CC(Cl)=NO1. The van der Waals surface area contributed by atoms with E-state index >= 15 is 0 Å². The molecule has 0 bridgehead atoms. The number of hydrogen-bond donors (Lipinski definition) is 1. The number of alkyl carbamates (subject to hydrolysis) is 1. The Balaban J connectivity index is 2.18. The fraction of sp³-hybridized carbons (Fsp3) is 0.778. The van der Waals surface area contributed by atoms with Crippen molar-refractivity contribution in [3.8, 4) is 0 Å². The van der Waals surface area contributed by atoms with Crippen LogP contribution in [-0.2, 0) is 9.57 Å². The normalized spacial score (nSPS) is 20.5. The van der Waals surface area contributed by atoms with Crippen molar-refractivity contribution in [2.45, 2.75) is 38.9 Å². The van der Waals surface area contributed by atoms with E-state index in [9.17, 15) is 4.79 Å². The predicted octanol–water partition coefficient (Wildman–Crippen LogP) is 1.85. The molecule has 1 atom stereocenters. The summed E-state index contributed by atoms with van der Waals surface area (Å²) in [6.07, 6.45) is -0.128. The summed E-state index contributed by atoms with van der Waals surface area (Å²) >= 11 is 5.61. The van der Waals surface area contributed by atoms with Gasteiger partial charge in [0.1, 0.15) is 10.8 Å². The average molecular weight is 235 g/mol. The minimum absolute atomic E-state index is 0.190. The van der Waals surface area contributed by atoms with Crippen LogP contribution in [0, 0.1) is 0 Å². The van der Waals surface area contributed by atoms with Crippen molar-refractivity contribution in [1.29, 1.82) is 0 Å². The third-order valence-electron chi connectivity index (χ3n) is 1.57. The Kier molecular flexibility index (Phi) is 3.79. The maximum Gasteiger partial charge on any atom is 0.407 e. The molecular weight excluding hydrogens is 220 g/mol. The number of halogens is 1. The monoisotopic (exact) mass is 234 g/mol. The van der Waals surface area contributed by atoms with E-state index in [1.165, 1.54) is 0 Å². The number of rotatable bonds is 2. The van der Waals surface area contributed by atoms with E-state index in [0.29, 0.717) is 18.1 Å². The van der Waals surface area contributed by atoms with Crippen LogP contribution in [0.1, 0.15) is 27.2 Å². The van der Waals surface area contributed by atoms with Crippen molar-refractivity contribution in [3.63, 3.8) is 0 Å². The summed E-state index contributed by atoms with van der Waals surface area (Å²) in [5.41, 5.74) is -0.491. The van der Waals surface area contributed by atoms with Crippen LogP contribution in [0.2, 0.25) is 0 Å². The van der Waals surface area contributed by atoms with Gasteiger partial charge in [-0.3, -0.25) is 0 Å². The van der Waals surface area contributed by atoms with Crippen molar-refractivity contribution in [2.75, 3.05) is 6.54 Å². The second-order valence-corrected chi connectivity index (χ2v) is 4.72. The fourth-order valence-corrected chi connectivity index (χ4v) is 1.23. The molecule has 86 valence electrons. The molecule has 1 heterocycles. The number of nitrogens with zero attached hydrogens (tertiary/aromatic N) is 1. The lowest BCUT2D eigenvalue weighted by molar-refractivity contribution is 0.0439. The second kappa shape index (κ2) is 4.70. The van der Waals surface area contributed by atoms with Crippen molar-refractivity contribution in [1.82, 2.24) is 5.32 Å². The summed E-state index contributed by atoms with van der Waals surface area (Å²) in [5, 5.41) is 6.57. The third kappa shape index (κ3) is 4.88. The van der Waals surface area contributed by atoms with Crippen molar-refractivity contribution < 1.29 is 14.4 Å². The first-order chi connectivity index (χ1) is 6.87. The molecule has 1 amide bonds. The highest BCUT2D eigenvalue weighted by Crippen LogP contribution is 2.12. The number of nitrogens with one attached hydrogen (secondary N) is 1. The van der Waals surface area contributed by atoms with Gasteiger partial charge >= 0.3 is 6.09 Å². The van der Waals surface area contributed by atoms with Crippen LogP contribution in [0.3, 0.4) is 0 Å². The summed E-state index contributed by atoms with van der Waals surface area (Å²) in [4.78, 5) is 16.2. The van der Waals surface area contributed by atoms with Gasteiger partial charge in [-0.1, -0.05) is 16.8 Å². The molecular formula is C9H15ClN2O3. The molecule has 1 aliphatic rings. The predicted molar refractivity (Wildman–Crippen MR) is 57.0 cm³/mol. The summed E-state index contributed by atoms with van der Waals surface area (Å²) in [7, 11) is 0. The number of hydrogen-bond acceptors (Lipinski definition) is 4. The first-order valence-corrected chi connectivity index (χ1v) is 5.09. The summed E-state index contributed by atoms with van der Waals surface area (Å²) in [5.74, 6) is 0. The van der Waals surface area contributed by atoms with E-state index in [2.05, 4.69) is 10.5 Å². The van der Waals surface area contributed by atoms with Gasteiger partial charge in [-0.15, -0.1) is 0 Å². The molecule has 0 aromatic heterocycles. The Bertz CT molecular complexity index is 273. The molecule has 15 heavy (non-hydrogen) atoms. The van der Waals surface area contributed by atoms with Crippen molar-refractivity contribution in [2.24, 2.45) is 5.16 Å². The number of oxime groups is 1. The van der Waals surface area contributed by atoms with Gasteiger partial charge < -0.3 is 14.9 Å². The zero-order valence-corrected chi connectivity index (χ0v) is 9.80. The smallest absolute Gasteiger partial charge is 0.407 e. The van der Waals surface area contributed by atoms with Gasteiger partial charge in [-0.25, -0.2) is 4.79 Å². The number of amides is 1. The van der Waals surface area contributed by atoms with E-state index in [0.717, 1.165) is 0 Å². The topological polar surface area (TPSA) is 59.9 Å². The standard InChI is InChI=1S/C9H15ClN2O3/c1-9(2,3)14-8(13)11-5-6-4-7(10)12-15-6/h6H,4-5H2,1-3H3,(H,11,13). The average Bonchev–Trinajstić information content (AvgIpc) is 2.45. The van der Waals surface area contributed by atoms with E-state index in [1.807, 2.05) is 0 Å². The van der Waals surface area contributed by atoms with Gasteiger partial charge in [0.2, 0.25) is 0 Å². The van der Waals surface area contributed by atoms with Crippen LogP contribution in [0.4, 0.5) is 4.79 Å².